The monoisotopic (exact) mass is 330 g/mol. The number of fused-ring (bicyclic) bond motifs is 1. The molecule has 0 fully saturated rings. The van der Waals surface area contributed by atoms with Crippen molar-refractivity contribution in [2.24, 2.45) is 0 Å². The Morgan fingerprint density at radius 3 is 2.75 bits per heavy atom. The largest absolute Gasteiger partial charge is 0.493 e. The number of aromatic nitrogens is 1. The fourth-order valence-electron chi connectivity index (χ4n) is 2.54. The molecule has 2 aromatic rings. The zero-order valence-electron chi connectivity index (χ0n) is 13.4. The summed E-state index contributed by atoms with van der Waals surface area (Å²) in [6.07, 6.45) is 0.726. The minimum absolute atomic E-state index is 0.00515. The van der Waals surface area contributed by atoms with Crippen LogP contribution in [0.5, 0.6) is 5.75 Å². The van der Waals surface area contributed by atoms with E-state index in [0.29, 0.717) is 17.9 Å². The Morgan fingerprint density at radius 2 is 2.08 bits per heavy atom. The van der Waals surface area contributed by atoms with Gasteiger partial charge in [-0.1, -0.05) is 25.1 Å². The van der Waals surface area contributed by atoms with Gasteiger partial charge in [0.2, 0.25) is 5.76 Å². The average Bonchev–Trinajstić information content (AvgIpc) is 3.20. The van der Waals surface area contributed by atoms with E-state index >= 15 is 0 Å². The second kappa shape index (κ2) is 6.35. The number of rotatable bonds is 5. The number of nitrogens with one attached hydrogen (secondary N) is 1. The Kier molecular flexibility index (Phi) is 4.24. The Balaban J connectivity index is 1.81. The zero-order chi connectivity index (χ0) is 17.3. The van der Waals surface area contributed by atoms with Gasteiger partial charge in [0.05, 0.1) is 12.3 Å². The minimum atomic E-state index is -1.17. The highest BCUT2D eigenvalue weighted by atomic mass is 16.5. The molecule has 1 aliphatic heterocycles. The van der Waals surface area contributed by atoms with Crippen LogP contribution in [0.1, 0.15) is 53.2 Å². The second-order valence-electron chi connectivity index (χ2n) is 5.98. The maximum Gasteiger partial charge on any atom is 0.330 e. The van der Waals surface area contributed by atoms with Crippen LogP contribution in [0.3, 0.4) is 0 Å². The number of carbonyl (C=O) groups excluding carboxylic acids is 1. The Hall–Kier alpha value is -2.83. The van der Waals surface area contributed by atoms with E-state index < -0.39 is 17.9 Å². The van der Waals surface area contributed by atoms with Crippen LogP contribution in [-0.2, 0) is 11.2 Å². The maximum atomic E-state index is 12.3. The molecule has 0 aliphatic carbocycles. The van der Waals surface area contributed by atoms with Crippen molar-refractivity contribution in [3.63, 3.8) is 0 Å². The molecule has 7 heteroatoms. The van der Waals surface area contributed by atoms with Gasteiger partial charge >= 0.3 is 5.97 Å². The fourth-order valence-corrected chi connectivity index (χ4v) is 2.54. The molecule has 1 unspecified atom stereocenters. The van der Waals surface area contributed by atoms with Gasteiger partial charge in [-0.3, -0.25) is 4.79 Å². The van der Waals surface area contributed by atoms with Crippen LogP contribution in [0.4, 0.5) is 0 Å². The van der Waals surface area contributed by atoms with Crippen molar-refractivity contribution in [3.05, 3.63) is 46.8 Å². The van der Waals surface area contributed by atoms with Crippen molar-refractivity contribution in [1.82, 2.24) is 10.5 Å². The molecule has 2 heterocycles. The Labute approximate surface area is 138 Å². The summed E-state index contributed by atoms with van der Waals surface area (Å²) in [5.41, 5.74) is 2.07. The maximum absolute atomic E-state index is 12.3. The normalized spacial score (nSPS) is 14.1. The average molecular weight is 330 g/mol. The SMILES string of the molecule is CC(C)c1cc(C(=O)NC(C(=O)O)c2ccc3c(c2)CCO3)on1. The van der Waals surface area contributed by atoms with Crippen LogP contribution in [0.15, 0.2) is 28.8 Å². The van der Waals surface area contributed by atoms with Gasteiger partial charge in [0.15, 0.2) is 6.04 Å². The van der Waals surface area contributed by atoms with Crippen LogP contribution in [-0.4, -0.2) is 28.7 Å². The second-order valence-corrected chi connectivity index (χ2v) is 5.98. The first-order valence-electron chi connectivity index (χ1n) is 7.71. The summed E-state index contributed by atoms with van der Waals surface area (Å²) >= 11 is 0. The predicted octanol–water partition coefficient (Wildman–Crippen LogP) is 2.29. The molecule has 1 aromatic heterocycles. The highest BCUT2D eigenvalue weighted by molar-refractivity contribution is 5.94. The molecule has 1 amide bonds. The summed E-state index contributed by atoms with van der Waals surface area (Å²) < 4.78 is 10.4. The van der Waals surface area contributed by atoms with Gasteiger partial charge in [-0.05, 0) is 29.2 Å². The molecular formula is C17H18N2O5. The van der Waals surface area contributed by atoms with Gasteiger partial charge < -0.3 is 19.7 Å². The van der Waals surface area contributed by atoms with Gasteiger partial charge in [-0.25, -0.2) is 4.79 Å². The lowest BCUT2D eigenvalue weighted by atomic mass is 10.0. The first-order valence-corrected chi connectivity index (χ1v) is 7.71. The van der Waals surface area contributed by atoms with Gasteiger partial charge in [0.1, 0.15) is 5.75 Å². The number of amides is 1. The Morgan fingerprint density at radius 1 is 1.29 bits per heavy atom. The van der Waals surface area contributed by atoms with E-state index in [-0.39, 0.29) is 11.7 Å². The third kappa shape index (κ3) is 3.10. The summed E-state index contributed by atoms with van der Waals surface area (Å²) in [5, 5.41) is 15.8. The fraction of sp³-hybridized carbons (Fsp3) is 0.353. The van der Waals surface area contributed by atoms with E-state index in [1.807, 2.05) is 13.8 Å². The van der Waals surface area contributed by atoms with Crippen molar-refractivity contribution in [3.8, 4) is 5.75 Å². The lowest BCUT2D eigenvalue weighted by molar-refractivity contribution is -0.139. The summed E-state index contributed by atoms with van der Waals surface area (Å²) in [7, 11) is 0. The molecular weight excluding hydrogens is 312 g/mol. The van der Waals surface area contributed by atoms with Gasteiger partial charge in [-0.2, -0.15) is 0 Å². The number of carbonyl (C=O) groups is 2. The predicted molar refractivity (Wildman–Crippen MR) is 84.1 cm³/mol. The summed E-state index contributed by atoms with van der Waals surface area (Å²) in [6.45, 7) is 4.43. The van der Waals surface area contributed by atoms with Crippen LogP contribution in [0, 0.1) is 0 Å². The van der Waals surface area contributed by atoms with E-state index in [2.05, 4.69) is 10.5 Å². The molecule has 24 heavy (non-hydrogen) atoms. The number of carboxylic acid groups (broad SMARTS) is 1. The number of hydrogen-bond acceptors (Lipinski definition) is 5. The molecule has 1 aliphatic rings. The quantitative estimate of drug-likeness (QED) is 0.872. The number of nitrogens with zero attached hydrogens (tertiary/aromatic N) is 1. The van der Waals surface area contributed by atoms with E-state index in [1.54, 1.807) is 18.2 Å². The highest BCUT2D eigenvalue weighted by Gasteiger charge is 2.26. The lowest BCUT2D eigenvalue weighted by Crippen LogP contribution is -2.33. The van der Waals surface area contributed by atoms with Crippen molar-refractivity contribution in [1.29, 1.82) is 0 Å². The minimum Gasteiger partial charge on any atom is -0.493 e. The summed E-state index contributed by atoms with van der Waals surface area (Å²) in [5.74, 6) is -0.896. The molecule has 0 spiro atoms. The molecule has 0 saturated heterocycles. The first-order chi connectivity index (χ1) is 11.5. The van der Waals surface area contributed by atoms with Crippen molar-refractivity contribution in [2.45, 2.75) is 32.2 Å². The number of carboxylic acids is 1. The van der Waals surface area contributed by atoms with Crippen LogP contribution >= 0.6 is 0 Å². The van der Waals surface area contributed by atoms with Crippen LogP contribution in [0.2, 0.25) is 0 Å². The molecule has 0 bridgehead atoms. The van der Waals surface area contributed by atoms with E-state index in [9.17, 15) is 14.7 Å². The molecule has 3 rings (SSSR count). The number of hydrogen-bond donors (Lipinski definition) is 2. The first kappa shape index (κ1) is 16.0. The molecule has 0 saturated carbocycles. The lowest BCUT2D eigenvalue weighted by Gasteiger charge is -2.14. The zero-order valence-corrected chi connectivity index (χ0v) is 13.4. The molecule has 2 N–H and O–H groups in total. The van der Waals surface area contributed by atoms with Gasteiger partial charge in [0.25, 0.3) is 5.91 Å². The summed E-state index contributed by atoms with van der Waals surface area (Å²) in [6, 6.07) is 5.47. The molecule has 1 aromatic carbocycles. The third-order valence-corrected chi connectivity index (χ3v) is 3.91. The number of benzene rings is 1. The van der Waals surface area contributed by atoms with Crippen molar-refractivity contribution < 1.29 is 24.0 Å². The van der Waals surface area contributed by atoms with Crippen LogP contribution < -0.4 is 10.1 Å². The third-order valence-electron chi connectivity index (χ3n) is 3.91. The molecule has 126 valence electrons. The van der Waals surface area contributed by atoms with E-state index in [0.717, 1.165) is 17.7 Å². The van der Waals surface area contributed by atoms with E-state index in [4.69, 9.17) is 9.26 Å². The highest BCUT2D eigenvalue weighted by Crippen LogP contribution is 2.28. The standard InChI is InChI=1S/C17H18N2O5/c1-9(2)12-8-14(24-19-12)16(20)18-15(17(21)22)11-3-4-13-10(7-11)5-6-23-13/h3-4,7-9,15H,5-6H2,1-2H3,(H,18,20)(H,21,22). The van der Waals surface area contributed by atoms with E-state index in [1.165, 1.54) is 6.07 Å². The molecule has 7 nitrogen and oxygen atoms in total. The smallest absolute Gasteiger partial charge is 0.330 e. The number of ether oxygens (including phenoxy) is 1. The van der Waals surface area contributed by atoms with Gasteiger partial charge in [0, 0.05) is 12.5 Å². The van der Waals surface area contributed by atoms with Crippen LogP contribution in [0.25, 0.3) is 0 Å². The number of aliphatic carboxylic acids is 1. The van der Waals surface area contributed by atoms with Gasteiger partial charge in [-0.15, -0.1) is 0 Å². The van der Waals surface area contributed by atoms with Crippen molar-refractivity contribution in [2.75, 3.05) is 6.61 Å². The molecule has 0 radical (unpaired) electrons. The molecule has 1 atom stereocenters. The van der Waals surface area contributed by atoms with Crippen molar-refractivity contribution >= 4 is 11.9 Å². The summed E-state index contributed by atoms with van der Waals surface area (Å²) in [4.78, 5) is 23.9. The Bertz CT molecular complexity index is 781. The topological polar surface area (TPSA) is 102 Å².